The quantitative estimate of drug-likeness (QED) is 0.456. The molecule has 0 aliphatic carbocycles. The number of aliphatic imine (C=N–C) groups is 1. The Hall–Kier alpha value is -0.510. The summed E-state index contributed by atoms with van der Waals surface area (Å²) in [5, 5.41) is 11.0. The van der Waals surface area contributed by atoms with Gasteiger partial charge in [-0.2, -0.15) is 16.7 Å². The van der Waals surface area contributed by atoms with E-state index >= 15 is 0 Å². The number of thioether (sulfide) groups is 1. The second kappa shape index (κ2) is 8.62. The van der Waals surface area contributed by atoms with E-state index in [2.05, 4.69) is 25.8 Å². The van der Waals surface area contributed by atoms with Gasteiger partial charge < -0.3 is 15.2 Å². The summed E-state index contributed by atoms with van der Waals surface area (Å²) in [7, 11) is 1.76. The normalized spacial score (nSPS) is 19.1. The first kappa shape index (κ1) is 16.5. The van der Waals surface area contributed by atoms with E-state index in [0.29, 0.717) is 23.5 Å². The number of hydrogen-bond acceptors (Lipinski definition) is 5. The van der Waals surface area contributed by atoms with E-state index in [1.165, 1.54) is 18.6 Å². The molecule has 2 N–H and O–H groups in total. The van der Waals surface area contributed by atoms with Crippen LogP contribution in [-0.4, -0.2) is 40.7 Å². The molecule has 108 valence electrons. The molecule has 0 bridgehead atoms. The second-order valence-corrected chi connectivity index (χ2v) is 5.58. The summed E-state index contributed by atoms with van der Waals surface area (Å²) in [5.41, 5.74) is 0. The van der Waals surface area contributed by atoms with E-state index in [1.807, 2.05) is 11.8 Å². The molecule has 0 radical (unpaired) electrons. The Morgan fingerprint density at radius 2 is 2.37 bits per heavy atom. The summed E-state index contributed by atoms with van der Waals surface area (Å²) in [6.45, 7) is 3.26. The van der Waals surface area contributed by atoms with Crippen LogP contribution in [0.15, 0.2) is 9.52 Å². The van der Waals surface area contributed by atoms with Gasteiger partial charge >= 0.3 is 0 Å². The standard InChI is InChI=1S/C11H19N5OS.HI/c1-8-15-10(16-17-8)7-14-11(12-2)13-6-9-4-3-5-18-9;/h9H,3-7H2,1-2H3,(H2,12,13,14);1H. The van der Waals surface area contributed by atoms with Crippen molar-refractivity contribution in [3.8, 4) is 0 Å². The van der Waals surface area contributed by atoms with Crippen LogP contribution in [0.25, 0.3) is 0 Å². The van der Waals surface area contributed by atoms with Crippen molar-refractivity contribution >= 4 is 41.7 Å². The predicted octanol–water partition coefficient (Wildman–Crippen LogP) is 1.56. The zero-order valence-electron chi connectivity index (χ0n) is 11.2. The van der Waals surface area contributed by atoms with E-state index in [-0.39, 0.29) is 24.0 Å². The van der Waals surface area contributed by atoms with E-state index < -0.39 is 0 Å². The van der Waals surface area contributed by atoms with Crippen molar-refractivity contribution in [1.82, 2.24) is 20.8 Å². The molecule has 2 heterocycles. The second-order valence-electron chi connectivity index (χ2n) is 4.17. The van der Waals surface area contributed by atoms with Crippen LogP contribution in [0.4, 0.5) is 0 Å². The van der Waals surface area contributed by atoms with Crippen molar-refractivity contribution in [2.45, 2.75) is 31.6 Å². The lowest BCUT2D eigenvalue weighted by atomic mass is 10.2. The molecular formula is C11H20IN5OS. The van der Waals surface area contributed by atoms with Gasteiger partial charge in [0.2, 0.25) is 5.89 Å². The lowest BCUT2D eigenvalue weighted by molar-refractivity contribution is 0.387. The lowest BCUT2D eigenvalue weighted by Gasteiger charge is -2.13. The molecule has 1 aliphatic heterocycles. The fraction of sp³-hybridized carbons (Fsp3) is 0.727. The summed E-state index contributed by atoms with van der Waals surface area (Å²) in [5.74, 6) is 3.29. The molecule has 1 unspecified atom stereocenters. The molecule has 0 aromatic carbocycles. The van der Waals surface area contributed by atoms with Gasteiger partial charge in [0.25, 0.3) is 0 Å². The van der Waals surface area contributed by atoms with Gasteiger partial charge in [-0.05, 0) is 18.6 Å². The van der Waals surface area contributed by atoms with Crippen LogP contribution in [0.1, 0.15) is 24.6 Å². The maximum absolute atomic E-state index is 4.91. The number of aromatic nitrogens is 2. The first-order valence-corrected chi connectivity index (χ1v) is 7.18. The van der Waals surface area contributed by atoms with Gasteiger partial charge in [-0.25, -0.2) is 0 Å². The van der Waals surface area contributed by atoms with Crippen molar-refractivity contribution in [3.05, 3.63) is 11.7 Å². The molecule has 1 fully saturated rings. The lowest BCUT2D eigenvalue weighted by Crippen LogP contribution is -2.39. The summed E-state index contributed by atoms with van der Waals surface area (Å²) >= 11 is 2.03. The SMILES string of the molecule is CN=C(NCc1noc(C)n1)NCC1CCCS1.I. The smallest absolute Gasteiger partial charge is 0.223 e. The first-order valence-electron chi connectivity index (χ1n) is 6.13. The van der Waals surface area contributed by atoms with Crippen molar-refractivity contribution < 1.29 is 4.52 Å². The molecule has 2 rings (SSSR count). The molecule has 19 heavy (non-hydrogen) atoms. The highest BCUT2D eigenvalue weighted by Crippen LogP contribution is 2.25. The van der Waals surface area contributed by atoms with Crippen LogP contribution in [-0.2, 0) is 6.54 Å². The number of nitrogens with one attached hydrogen (secondary N) is 2. The fourth-order valence-electron chi connectivity index (χ4n) is 1.81. The molecule has 6 nitrogen and oxygen atoms in total. The van der Waals surface area contributed by atoms with Crippen molar-refractivity contribution in [2.75, 3.05) is 19.3 Å². The highest BCUT2D eigenvalue weighted by Gasteiger charge is 2.15. The highest BCUT2D eigenvalue weighted by molar-refractivity contribution is 14.0. The molecule has 1 saturated heterocycles. The number of nitrogens with zero attached hydrogens (tertiary/aromatic N) is 3. The van der Waals surface area contributed by atoms with Crippen LogP contribution in [0.2, 0.25) is 0 Å². The minimum atomic E-state index is 0. The maximum Gasteiger partial charge on any atom is 0.223 e. The van der Waals surface area contributed by atoms with Gasteiger partial charge in [-0.1, -0.05) is 5.16 Å². The van der Waals surface area contributed by atoms with Crippen LogP contribution in [0.5, 0.6) is 0 Å². The Balaban J connectivity index is 0.00000180. The maximum atomic E-state index is 4.91. The fourth-order valence-corrected chi connectivity index (χ4v) is 3.01. The zero-order chi connectivity index (χ0) is 12.8. The number of guanidine groups is 1. The molecule has 0 saturated carbocycles. The summed E-state index contributed by atoms with van der Waals surface area (Å²) in [6, 6.07) is 0. The molecule has 0 amide bonds. The third-order valence-corrected chi connectivity index (χ3v) is 4.13. The van der Waals surface area contributed by atoms with E-state index in [1.54, 1.807) is 14.0 Å². The molecule has 0 spiro atoms. The topological polar surface area (TPSA) is 75.3 Å². The van der Waals surface area contributed by atoms with Crippen LogP contribution >= 0.6 is 35.7 Å². The number of rotatable bonds is 4. The molecule has 8 heteroatoms. The number of aryl methyl sites for hydroxylation is 1. The molecule has 1 aromatic rings. The Labute approximate surface area is 134 Å². The Morgan fingerprint density at radius 3 is 2.95 bits per heavy atom. The van der Waals surface area contributed by atoms with E-state index in [0.717, 1.165) is 12.5 Å². The van der Waals surface area contributed by atoms with Gasteiger partial charge in [0.05, 0.1) is 6.54 Å². The Morgan fingerprint density at radius 1 is 1.53 bits per heavy atom. The summed E-state index contributed by atoms with van der Waals surface area (Å²) < 4.78 is 4.91. The summed E-state index contributed by atoms with van der Waals surface area (Å²) in [6.07, 6.45) is 2.61. The Kier molecular flexibility index (Phi) is 7.51. The molecule has 1 aliphatic rings. The van der Waals surface area contributed by atoms with Crippen LogP contribution < -0.4 is 10.6 Å². The van der Waals surface area contributed by atoms with Gasteiger partial charge in [-0.3, -0.25) is 4.99 Å². The van der Waals surface area contributed by atoms with Gasteiger partial charge in [0, 0.05) is 25.8 Å². The predicted molar refractivity (Wildman–Crippen MR) is 88.1 cm³/mol. The van der Waals surface area contributed by atoms with E-state index in [4.69, 9.17) is 4.52 Å². The minimum Gasteiger partial charge on any atom is -0.355 e. The van der Waals surface area contributed by atoms with Gasteiger partial charge in [-0.15, -0.1) is 24.0 Å². The number of hydrogen-bond donors (Lipinski definition) is 2. The van der Waals surface area contributed by atoms with Crippen molar-refractivity contribution in [3.63, 3.8) is 0 Å². The molecular weight excluding hydrogens is 377 g/mol. The summed E-state index contributed by atoms with van der Waals surface area (Å²) in [4.78, 5) is 8.30. The van der Waals surface area contributed by atoms with Gasteiger partial charge in [0.1, 0.15) is 0 Å². The van der Waals surface area contributed by atoms with Crippen molar-refractivity contribution in [1.29, 1.82) is 0 Å². The third kappa shape index (κ3) is 5.55. The highest BCUT2D eigenvalue weighted by atomic mass is 127. The monoisotopic (exact) mass is 397 g/mol. The first-order chi connectivity index (χ1) is 8.78. The zero-order valence-corrected chi connectivity index (χ0v) is 14.3. The average Bonchev–Trinajstić information content (AvgIpc) is 3.01. The molecule has 1 atom stereocenters. The average molecular weight is 397 g/mol. The minimum absolute atomic E-state index is 0. The molecule has 1 aromatic heterocycles. The van der Waals surface area contributed by atoms with Crippen molar-refractivity contribution in [2.24, 2.45) is 4.99 Å². The van der Waals surface area contributed by atoms with Crippen LogP contribution in [0.3, 0.4) is 0 Å². The Bertz CT molecular complexity index is 406. The van der Waals surface area contributed by atoms with Crippen LogP contribution in [0, 0.1) is 6.92 Å². The number of halogens is 1. The van der Waals surface area contributed by atoms with E-state index in [9.17, 15) is 0 Å². The largest absolute Gasteiger partial charge is 0.355 e. The third-order valence-electron chi connectivity index (χ3n) is 2.73. The van der Waals surface area contributed by atoms with Gasteiger partial charge in [0.15, 0.2) is 11.8 Å².